The first-order valence-electron chi connectivity index (χ1n) is 10.9. The van der Waals surface area contributed by atoms with Crippen LogP contribution in [0.1, 0.15) is 56.2 Å². The molecule has 0 saturated carbocycles. The molecule has 2 aromatic heterocycles. The van der Waals surface area contributed by atoms with E-state index < -0.39 is 5.91 Å². The number of nitrogens with one attached hydrogen (secondary N) is 2. The normalized spacial score (nSPS) is 17.5. The van der Waals surface area contributed by atoms with Crippen LogP contribution in [0.3, 0.4) is 0 Å². The first-order valence-corrected chi connectivity index (χ1v) is 11.7. The molecule has 2 N–H and O–H groups in total. The molecule has 0 bridgehead atoms. The zero-order valence-corrected chi connectivity index (χ0v) is 18.6. The Balaban J connectivity index is 1.42. The molecule has 3 aromatic rings. The van der Waals surface area contributed by atoms with E-state index in [0.29, 0.717) is 28.1 Å². The number of hydrogen-bond donors (Lipinski definition) is 2. The summed E-state index contributed by atoms with van der Waals surface area (Å²) in [4.78, 5) is 39.7. The summed E-state index contributed by atoms with van der Waals surface area (Å²) >= 11 is 1.43. The number of amides is 2. The number of hydrogen-bond acceptors (Lipinski definition) is 6. The van der Waals surface area contributed by atoms with Gasteiger partial charge in [-0.1, -0.05) is 12.1 Å². The van der Waals surface area contributed by atoms with Gasteiger partial charge in [0.15, 0.2) is 11.2 Å². The van der Waals surface area contributed by atoms with Crippen molar-refractivity contribution in [3.8, 4) is 0 Å². The van der Waals surface area contributed by atoms with Crippen LogP contribution in [0, 0.1) is 6.92 Å². The number of benzene rings is 1. The quantitative estimate of drug-likeness (QED) is 0.614. The Hall–Kier alpha value is -2.97. The number of aryl methyl sites for hydroxylation is 2. The Morgan fingerprint density at radius 2 is 2.06 bits per heavy atom. The number of anilines is 1. The van der Waals surface area contributed by atoms with E-state index in [1.807, 2.05) is 13.0 Å². The van der Waals surface area contributed by atoms with Crippen LogP contribution in [0.15, 0.2) is 33.5 Å². The average Bonchev–Trinajstić information content (AvgIpc) is 3.50. The summed E-state index contributed by atoms with van der Waals surface area (Å²) in [7, 11) is 0. The van der Waals surface area contributed by atoms with Crippen molar-refractivity contribution < 1.29 is 18.7 Å². The molecule has 1 unspecified atom stereocenters. The highest BCUT2D eigenvalue weighted by Gasteiger charge is 2.29. The molecular weight excluding hydrogens is 428 g/mol. The average molecular weight is 453 g/mol. The largest absolute Gasteiger partial charge is 0.450 e. The molecule has 1 aromatic carbocycles. The van der Waals surface area contributed by atoms with Gasteiger partial charge in [-0.05, 0) is 56.2 Å². The zero-order valence-electron chi connectivity index (χ0n) is 17.8. The lowest BCUT2D eigenvalue weighted by Gasteiger charge is -2.12. The maximum atomic E-state index is 13.0. The molecule has 166 valence electrons. The van der Waals surface area contributed by atoms with Crippen LogP contribution in [0.2, 0.25) is 0 Å². The van der Waals surface area contributed by atoms with E-state index in [0.717, 1.165) is 54.7 Å². The lowest BCUT2D eigenvalue weighted by atomic mass is 10.1. The number of para-hydroxylation sites is 1. The third-order valence-electron chi connectivity index (χ3n) is 6.07. The standard InChI is InChI=1S/C24H24N2O5S/c1-13-5-2-7-15-17(27)11-18(31-21(13)15)22(28)26-24-20(16-8-3-9-19(16)32-24)23(29)25-12-14-6-4-10-30-14/h2,5,7,11,14H,3-4,6,8-10,12H2,1H3,(H,25,29)(H,26,28). The van der Waals surface area contributed by atoms with Crippen LogP contribution in [0.4, 0.5) is 5.00 Å². The highest BCUT2D eigenvalue weighted by Crippen LogP contribution is 2.39. The van der Waals surface area contributed by atoms with Crippen molar-refractivity contribution in [1.29, 1.82) is 0 Å². The maximum Gasteiger partial charge on any atom is 0.292 e. The van der Waals surface area contributed by atoms with Crippen LogP contribution in [-0.2, 0) is 17.6 Å². The van der Waals surface area contributed by atoms with E-state index in [9.17, 15) is 14.4 Å². The van der Waals surface area contributed by atoms with Crippen LogP contribution in [0.5, 0.6) is 0 Å². The van der Waals surface area contributed by atoms with E-state index in [1.54, 1.807) is 12.1 Å². The summed E-state index contributed by atoms with van der Waals surface area (Å²) in [5.74, 6) is -0.817. The fourth-order valence-corrected chi connectivity index (χ4v) is 5.71. The molecule has 0 radical (unpaired) electrons. The molecule has 1 aliphatic carbocycles. The van der Waals surface area contributed by atoms with Crippen molar-refractivity contribution in [2.24, 2.45) is 0 Å². The fraction of sp³-hybridized carbons (Fsp3) is 0.375. The lowest BCUT2D eigenvalue weighted by Crippen LogP contribution is -2.32. The minimum absolute atomic E-state index is 0.0405. The van der Waals surface area contributed by atoms with Gasteiger partial charge in [0.1, 0.15) is 10.6 Å². The molecule has 2 aliphatic rings. The van der Waals surface area contributed by atoms with Gasteiger partial charge in [0.25, 0.3) is 11.8 Å². The molecular formula is C24H24N2O5S. The summed E-state index contributed by atoms with van der Waals surface area (Å²) < 4.78 is 11.4. The van der Waals surface area contributed by atoms with Crippen LogP contribution >= 0.6 is 11.3 Å². The SMILES string of the molecule is Cc1cccc2c(=O)cc(C(=O)Nc3sc4c(c3C(=O)NCC3CCCO3)CCC4)oc12. The Labute approximate surface area is 188 Å². The number of carbonyl (C=O) groups excluding carboxylic acids is 2. The molecule has 5 rings (SSSR count). The Bertz CT molecular complexity index is 1270. The summed E-state index contributed by atoms with van der Waals surface area (Å²) in [6.07, 6.45) is 4.69. The third kappa shape index (κ3) is 3.84. The monoisotopic (exact) mass is 452 g/mol. The molecule has 3 heterocycles. The van der Waals surface area contributed by atoms with Gasteiger partial charge in [0, 0.05) is 24.1 Å². The molecule has 1 atom stereocenters. The number of carbonyl (C=O) groups is 2. The lowest BCUT2D eigenvalue weighted by molar-refractivity contribution is 0.0858. The van der Waals surface area contributed by atoms with E-state index in [2.05, 4.69) is 10.6 Å². The molecule has 32 heavy (non-hydrogen) atoms. The Morgan fingerprint density at radius 1 is 1.19 bits per heavy atom. The second kappa shape index (κ2) is 8.52. The highest BCUT2D eigenvalue weighted by molar-refractivity contribution is 7.17. The summed E-state index contributed by atoms with van der Waals surface area (Å²) in [5, 5.41) is 6.73. The fourth-order valence-electron chi connectivity index (χ4n) is 4.43. The van der Waals surface area contributed by atoms with Crippen molar-refractivity contribution in [2.75, 3.05) is 18.5 Å². The van der Waals surface area contributed by atoms with Crippen molar-refractivity contribution in [3.63, 3.8) is 0 Å². The van der Waals surface area contributed by atoms with Crippen LogP contribution in [-0.4, -0.2) is 31.1 Å². The van der Waals surface area contributed by atoms with Crippen LogP contribution < -0.4 is 16.1 Å². The van der Waals surface area contributed by atoms with Gasteiger partial charge < -0.3 is 19.8 Å². The number of rotatable bonds is 5. The third-order valence-corrected chi connectivity index (χ3v) is 7.27. The second-order valence-electron chi connectivity index (χ2n) is 8.29. The number of fused-ring (bicyclic) bond motifs is 2. The second-order valence-corrected chi connectivity index (χ2v) is 9.39. The maximum absolute atomic E-state index is 13.0. The highest BCUT2D eigenvalue weighted by atomic mass is 32.1. The predicted octanol–water partition coefficient (Wildman–Crippen LogP) is 3.81. The summed E-state index contributed by atoms with van der Waals surface area (Å²) in [5.41, 5.74) is 2.43. The van der Waals surface area contributed by atoms with E-state index in [1.165, 1.54) is 17.4 Å². The van der Waals surface area contributed by atoms with Crippen molar-refractivity contribution in [3.05, 3.63) is 61.8 Å². The molecule has 1 saturated heterocycles. The number of thiophene rings is 1. The molecule has 2 amide bonds. The van der Waals surface area contributed by atoms with Crippen molar-refractivity contribution in [2.45, 2.75) is 45.1 Å². The molecule has 8 heteroatoms. The van der Waals surface area contributed by atoms with Crippen molar-refractivity contribution in [1.82, 2.24) is 5.32 Å². The first kappa shape index (κ1) is 20.9. The minimum Gasteiger partial charge on any atom is -0.450 e. The summed E-state index contributed by atoms with van der Waals surface area (Å²) in [6.45, 7) is 3.01. The Morgan fingerprint density at radius 3 is 2.88 bits per heavy atom. The summed E-state index contributed by atoms with van der Waals surface area (Å²) in [6, 6.07) is 6.49. The topological polar surface area (TPSA) is 97.6 Å². The van der Waals surface area contributed by atoms with Gasteiger partial charge in [0.2, 0.25) is 0 Å². The van der Waals surface area contributed by atoms with Gasteiger partial charge in [-0.25, -0.2) is 0 Å². The van der Waals surface area contributed by atoms with Gasteiger partial charge in [0.05, 0.1) is 17.1 Å². The molecule has 1 aliphatic heterocycles. The van der Waals surface area contributed by atoms with Gasteiger partial charge in [-0.15, -0.1) is 11.3 Å². The smallest absolute Gasteiger partial charge is 0.292 e. The first-order chi connectivity index (χ1) is 15.5. The van der Waals surface area contributed by atoms with E-state index >= 15 is 0 Å². The molecule has 0 spiro atoms. The van der Waals surface area contributed by atoms with Crippen molar-refractivity contribution >= 4 is 39.1 Å². The zero-order chi connectivity index (χ0) is 22.2. The van der Waals surface area contributed by atoms with Crippen LogP contribution in [0.25, 0.3) is 11.0 Å². The van der Waals surface area contributed by atoms with Gasteiger partial charge in [-0.3, -0.25) is 14.4 Å². The van der Waals surface area contributed by atoms with Gasteiger partial charge >= 0.3 is 0 Å². The van der Waals surface area contributed by atoms with Gasteiger partial charge in [-0.2, -0.15) is 0 Å². The molecule has 1 fully saturated rings. The molecule has 7 nitrogen and oxygen atoms in total. The van der Waals surface area contributed by atoms with E-state index in [-0.39, 0.29) is 23.2 Å². The predicted molar refractivity (Wildman–Crippen MR) is 123 cm³/mol. The van der Waals surface area contributed by atoms with E-state index in [4.69, 9.17) is 9.15 Å². The minimum atomic E-state index is -0.541. The Kier molecular flexibility index (Phi) is 5.57. The number of ether oxygens (including phenoxy) is 1.